The van der Waals surface area contributed by atoms with Crippen molar-refractivity contribution in [3.8, 4) is 0 Å². The molecule has 0 fully saturated rings. The number of hydrogen-bond acceptors (Lipinski definition) is 4. The summed E-state index contributed by atoms with van der Waals surface area (Å²) in [6, 6.07) is 1.64. The molecule has 4 N–H and O–H groups in total. The Morgan fingerprint density at radius 2 is 2.17 bits per heavy atom. The molecule has 0 saturated carbocycles. The molecule has 0 unspecified atom stereocenters. The van der Waals surface area contributed by atoms with Crippen LogP contribution in [0.4, 0.5) is 0 Å². The van der Waals surface area contributed by atoms with Crippen LogP contribution in [-0.4, -0.2) is 33.9 Å². The Bertz CT molecular complexity index is 492. The summed E-state index contributed by atoms with van der Waals surface area (Å²) < 4.78 is 0.283. The van der Waals surface area contributed by atoms with E-state index in [1.807, 2.05) is 0 Å². The van der Waals surface area contributed by atoms with Gasteiger partial charge in [-0.15, -0.1) is 0 Å². The van der Waals surface area contributed by atoms with Gasteiger partial charge in [-0.3, -0.25) is 9.59 Å². The number of carbonyl (C=O) groups is 3. The average Bonchev–Trinajstić information content (AvgIpc) is 2.27. The number of pyridine rings is 1. The molecule has 1 atom stereocenters. The molecule has 0 aliphatic carbocycles. The van der Waals surface area contributed by atoms with Crippen LogP contribution in [0, 0.1) is 0 Å². The smallest absolute Gasteiger partial charge is 0.326 e. The summed E-state index contributed by atoms with van der Waals surface area (Å²) >= 11 is 3.06. The zero-order valence-corrected chi connectivity index (χ0v) is 10.7. The van der Waals surface area contributed by atoms with Crippen molar-refractivity contribution in [1.29, 1.82) is 0 Å². The molecule has 0 spiro atoms. The van der Waals surface area contributed by atoms with Gasteiger partial charge < -0.3 is 16.2 Å². The van der Waals surface area contributed by atoms with E-state index in [0.717, 1.165) is 0 Å². The van der Waals surface area contributed by atoms with Crippen LogP contribution >= 0.6 is 15.9 Å². The first-order chi connectivity index (χ1) is 8.41. The number of carboxylic acid groups (broad SMARTS) is 1. The average molecular weight is 316 g/mol. The van der Waals surface area contributed by atoms with Crippen molar-refractivity contribution in [1.82, 2.24) is 10.3 Å². The Morgan fingerprint density at radius 3 is 2.67 bits per heavy atom. The number of carboxylic acids is 1. The van der Waals surface area contributed by atoms with Crippen LogP contribution < -0.4 is 11.1 Å². The number of nitrogens with zero attached hydrogens (tertiary/aromatic N) is 1. The van der Waals surface area contributed by atoms with Gasteiger partial charge in [0.1, 0.15) is 10.6 Å². The first kappa shape index (κ1) is 14.1. The number of amides is 2. The Kier molecular flexibility index (Phi) is 4.78. The van der Waals surface area contributed by atoms with Crippen molar-refractivity contribution in [2.24, 2.45) is 5.73 Å². The van der Waals surface area contributed by atoms with Crippen LogP contribution in [0.5, 0.6) is 0 Å². The lowest BCUT2D eigenvalue weighted by atomic mass is 10.2. The van der Waals surface area contributed by atoms with Crippen molar-refractivity contribution >= 4 is 33.7 Å². The number of nitrogens with one attached hydrogen (secondary N) is 1. The maximum absolute atomic E-state index is 11.8. The normalized spacial score (nSPS) is 11.6. The van der Waals surface area contributed by atoms with Gasteiger partial charge in [0, 0.05) is 6.20 Å². The van der Waals surface area contributed by atoms with Crippen molar-refractivity contribution < 1.29 is 19.5 Å². The molecule has 1 aromatic heterocycles. The topological polar surface area (TPSA) is 122 Å². The van der Waals surface area contributed by atoms with E-state index in [2.05, 4.69) is 26.2 Å². The number of nitrogens with two attached hydrogens (primary N) is 1. The summed E-state index contributed by atoms with van der Waals surface area (Å²) in [6.07, 6.45) is 0.998. The van der Waals surface area contributed by atoms with Gasteiger partial charge in [-0.05, 0) is 28.1 Å². The largest absolute Gasteiger partial charge is 0.480 e. The van der Waals surface area contributed by atoms with Gasteiger partial charge in [0.2, 0.25) is 5.91 Å². The van der Waals surface area contributed by atoms with Crippen molar-refractivity contribution in [2.45, 2.75) is 12.5 Å². The SMILES string of the molecule is NC(=O)C[C@@H](NC(=O)c1cccnc1Br)C(=O)O. The zero-order valence-electron chi connectivity index (χ0n) is 9.09. The van der Waals surface area contributed by atoms with Crippen LogP contribution in [0.2, 0.25) is 0 Å². The molecule has 2 amide bonds. The number of halogens is 1. The second kappa shape index (κ2) is 6.10. The zero-order chi connectivity index (χ0) is 13.7. The molecule has 18 heavy (non-hydrogen) atoms. The van der Waals surface area contributed by atoms with Gasteiger partial charge in [-0.2, -0.15) is 0 Å². The molecule has 1 rings (SSSR count). The summed E-state index contributed by atoms with van der Waals surface area (Å²) in [7, 11) is 0. The number of primary amides is 1. The van der Waals surface area contributed by atoms with E-state index < -0.39 is 30.2 Å². The monoisotopic (exact) mass is 315 g/mol. The van der Waals surface area contributed by atoms with E-state index in [1.54, 1.807) is 0 Å². The minimum absolute atomic E-state index is 0.174. The molecule has 7 nitrogen and oxygen atoms in total. The lowest BCUT2D eigenvalue weighted by molar-refractivity contribution is -0.140. The molecule has 0 aromatic carbocycles. The Balaban J connectivity index is 2.82. The predicted molar refractivity (Wildman–Crippen MR) is 64.6 cm³/mol. The minimum atomic E-state index is -1.36. The number of hydrogen-bond donors (Lipinski definition) is 3. The summed E-state index contributed by atoms with van der Waals surface area (Å²) in [5.74, 6) is -2.79. The number of aromatic nitrogens is 1. The maximum Gasteiger partial charge on any atom is 0.326 e. The number of rotatable bonds is 5. The first-order valence-corrected chi connectivity index (χ1v) is 5.63. The molecular formula is C10H10BrN3O4. The highest BCUT2D eigenvalue weighted by molar-refractivity contribution is 9.10. The molecule has 0 aliphatic rings. The quantitative estimate of drug-likeness (QED) is 0.655. The van der Waals surface area contributed by atoms with Crippen LogP contribution in [-0.2, 0) is 9.59 Å². The van der Waals surface area contributed by atoms with Gasteiger partial charge in [0.15, 0.2) is 0 Å². The standard InChI is InChI=1S/C10H10BrN3O4/c11-8-5(2-1-3-13-8)9(16)14-6(10(17)18)4-7(12)15/h1-3,6H,4H2,(H2,12,15)(H,14,16)(H,17,18)/t6-/m1/s1. The summed E-state index contributed by atoms with van der Waals surface area (Å²) in [6.45, 7) is 0. The molecular weight excluding hydrogens is 306 g/mol. The molecule has 96 valence electrons. The van der Waals surface area contributed by atoms with Crippen LogP contribution in [0.3, 0.4) is 0 Å². The van der Waals surface area contributed by atoms with Crippen molar-refractivity contribution in [2.75, 3.05) is 0 Å². The Morgan fingerprint density at radius 1 is 1.50 bits per heavy atom. The second-order valence-corrected chi connectivity index (χ2v) is 4.13. The third-order valence-electron chi connectivity index (χ3n) is 2.01. The van der Waals surface area contributed by atoms with E-state index >= 15 is 0 Å². The molecule has 0 bridgehead atoms. The highest BCUT2D eigenvalue weighted by Gasteiger charge is 2.23. The van der Waals surface area contributed by atoms with Gasteiger partial charge >= 0.3 is 5.97 Å². The highest BCUT2D eigenvalue weighted by Crippen LogP contribution is 2.12. The fraction of sp³-hybridized carbons (Fsp3) is 0.200. The van der Waals surface area contributed by atoms with Crippen molar-refractivity contribution in [3.05, 3.63) is 28.5 Å². The van der Waals surface area contributed by atoms with Gasteiger partial charge in [0.25, 0.3) is 5.91 Å². The fourth-order valence-corrected chi connectivity index (χ4v) is 1.62. The third kappa shape index (κ3) is 3.81. The Labute approximate surface area is 111 Å². The molecule has 1 heterocycles. The van der Waals surface area contributed by atoms with E-state index in [9.17, 15) is 14.4 Å². The highest BCUT2D eigenvalue weighted by atomic mass is 79.9. The van der Waals surface area contributed by atoms with E-state index in [0.29, 0.717) is 0 Å². The summed E-state index contributed by atoms with van der Waals surface area (Å²) in [5, 5.41) is 11.0. The number of carbonyl (C=O) groups excluding carboxylic acids is 2. The van der Waals surface area contributed by atoms with E-state index in [1.165, 1.54) is 18.3 Å². The van der Waals surface area contributed by atoms with Gasteiger partial charge in [0.05, 0.1) is 12.0 Å². The first-order valence-electron chi connectivity index (χ1n) is 4.84. The lowest BCUT2D eigenvalue weighted by Gasteiger charge is -2.13. The van der Waals surface area contributed by atoms with Crippen molar-refractivity contribution in [3.63, 3.8) is 0 Å². The lowest BCUT2D eigenvalue weighted by Crippen LogP contribution is -2.43. The second-order valence-electron chi connectivity index (χ2n) is 3.38. The Hall–Kier alpha value is -1.96. The van der Waals surface area contributed by atoms with E-state index in [4.69, 9.17) is 10.8 Å². The van der Waals surface area contributed by atoms with Crippen LogP contribution in [0.15, 0.2) is 22.9 Å². The van der Waals surface area contributed by atoms with Crippen LogP contribution in [0.1, 0.15) is 16.8 Å². The minimum Gasteiger partial charge on any atom is -0.480 e. The van der Waals surface area contributed by atoms with Gasteiger partial charge in [-0.25, -0.2) is 9.78 Å². The predicted octanol–water partition coefficient (Wildman–Crippen LogP) is -0.0975. The van der Waals surface area contributed by atoms with Crippen LogP contribution in [0.25, 0.3) is 0 Å². The number of aliphatic carboxylic acids is 1. The summed E-state index contributed by atoms with van der Waals surface area (Å²) in [5.41, 5.74) is 5.07. The molecule has 0 saturated heterocycles. The maximum atomic E-state index is 11.8. The molecule has 0 aliphatic heterocycles. The molecule has 1 aromatic rings. The molecule has 8 heteroatoms. The molecule has 0 radical (unpaired) electrons. The third-order valence-corrected chi connectivity index (χ3v) is 2.64. The van der Waals surface area contributed by atoms with Gasteiger partial charge in [-0.1, -0.05) is 0 Å². The fourth-order valence-electron chi connectivity index (χ4n) is 1.19. The summed E-state index contributed by atoms with van der Waals surface area (Å²) in [4.78, 5) is 37.1. The van der Waals surface area contributed by atoms with E-state index in [-0.39, 0.29) is 10.2 Å².